The largest absolute Gasteiger partial charge is 0.478 e. The van der Waals surface area contributed by atoms with Crippen molar-refractivity contribution in [3.8, 4) is 11.3 Å². The zero-order chi connectivity index (χ0) is 16.4. The van der Waals surface area contributed by atoms with E-state index in [1.165, 1.54) is 6.07 Å². The Morgan fingerprint density at radius 3 is 2.64 bits per heavy atom. The lowest BCUT2D eigenvalue weighted by molar-refractivity contribution is 0.0697. The first-order valence-electron chi connectivity index (χ1n) is 7.09. The Hall–Kier alpha value is -2.21. The predicted molar refractivity (Wildman–Crippen MR) is 82.4 cm³/mol. The summed E-state index contributed by atoms with van der Waals surface area (Å²) in [4.78, 5) is 13.4. The molecular formula is C16H20FN3O2. The molecule has 0 aliphatic heterocycles. The summed E-state index contributed by atoms with van der Waals surface area (Å²) >= 11 is 0. The molecule has 0 fully saturated rings. The number of aromatic carboxylic acids is 1. The van der Waals surface area contributed by atoms with E-state index in [4.69, 9.17) is 0 Å². The first-order chi connectivity index (χ1) is 10.3. The van der Waals surface area contributed by atoms with Crippen LogP contribution in [0.3, 0.4) is 0 Å². The van der Waals surface area contributed by atoms with Crippen molar-refractivity contribution in [2.24, 2.45) is 0 Å². The second kappa shape index (κ2) is 6.27. The molecule has 118 valence electrons. The minimum atomic E-state index is -1.11. The maximum atomic E-state index is 14.6. The van der Waals surface area contributed by atoms with E-state index in [1.54, 1.807) is 6.92 Å². The van der Waals surface area contributed by atoms with Crippen molar-refractivity contribution in [3.05, 3.63) is 40.3 Å². The summed E-state index contributed by atoms with van der Waals surface area (Å²) in [7, 11) is 3.77. The van der Waals surface area contributed by atoms with Gasteiger partial charge in [0.25, 0.3) is 0 Å². The molecule has 1 aromatic carbocycles. The minimum absolute atomic E-state index is 0.0168. The SMILES string of the molecule is CCc1cc(F)c(-c2[nH]nc(C)c2C(=O)O)c(CN(C)C)c1. The van der Waals surface area contributed by atoms with E-state index in [1.807, 2.05) is 32.0 Å². The molecule has 0 atom stereocenters. The summed E-state index contributed by atoms with van der Waals surface area (Å²) in [5.74, 6) is -1.54. The topological polar surface area (TPSA) is 69.2 Å². The van der Waals surface area contributed by atoms with Gasteiger partial charge in [0.2, 0.25) is 0 Å². The second-order valence-electron chi connectivity index (χ2n) is 5.57. The molecule has 0 unspecified atom stereocenters. The van der Waals surface area contributed by atoms with Crippen LogP contribution in [-0.4, -0.2) is 40.3 Å². The molecule has 0 bridgehead atoms. The van der Waals surface area contributed by atoms with Crippen LogP contribution in [0.25, 0.3) is 11.3 Å². The van der Waals surface area contributed by atoms with E-state index in [-0.39, 0.29) is 16.8 Å². The van der Waals surface area contributed by atoms with Crippen molar-refractivity contribution < 1.29 is 14.3 Å². The molecule has 0 aliphatic carbocycles. The Morgan fingerprint density at radius 2 is 2.09 bits per heavy atom. The molecule has 0 radical (unpaired) electrons. The molecule has 0 aliphatic rings. The third-order valence-corrected chi connectivity index (χ3v) is 3.54. The highest BCUT2D eigenvalue weighted by atomic mass is 19.1. The summed E-state index contributed by atoms with van der Waals surface area (Å²) in [6.07, 6.45) is 0.714. The van der Waals surface area contributed by atoms with Crippen LogP contribution in [0.4, 0.5) is 4.39 Å². The predicted octanol–water partition coefficient (Wildman–Crippen LogP) is 2.85. The van der Waals surface area contributed by atoms with Crippen LogP contribution in [0, 0.1) is 12.7 Å². The maximum Gasteiger partial charge on any atom is 0.339 e. The van der Waals surface area contributed by atoms with Gasteiger partial charge in [0, 0.05) is 12.1 Å². The van der Waals surface area contributed by atoms with E-state index in [0.717, 1.165) is 11.1 Å². The molecular weight excluding hydrogens is 285 g/mol. The zero-order valence-corrected chi connectivity index (χ0v) is 13.2. The summed E-state index contributed by atoms with van der Waals surface area (Å²) in [5, 5.41) is 16.0. The highest BCUT2D eigenvalue weighted by Gasteiger charge is 2.23. The van der Waals surface area contributed by atoms with Gasteiger partial charge < -0.3 is 10.0 Å². The van der Waals surface area contributed by atoms with Gasteiger partial charge in [0.1, 0.15) is 11.4 Å². The first-order valence-corrected chi connectivity index (χ1v) is 7.09. The van der Waals surface area contributed by atoms with E-state index >= 15 is 0 Å². The fourth-order valence-electron chi connectivity index (χ4n) is 2.55. The smallest absolute Gasteiger partial charge is 0.339 e. The van der Waals surface area contributed by atoms with Crippen LogP contribution in [0.2, 0.25) is 0 Å². The van der Waals surface area contributed by atoms with Gasteiger partial charge in [-0.3, -0.25) is 5.10 Å². The molecule has 22 heavy (non-hydrogen) atoms. The summed E-state index contributed by atoms with van der Waals surface area (Å²) < 4.78 is 14.6. The Bertz CT molecular complexity index is 708. The average molecular weight is 305 g/mol. The maximum absolute atomic E-state index is 14.6. The normalized spacial score (nSPS) is 11.2. The number of nitrogens with one attached hydrogen (secondary N) is 1. The number of carboxylic acid groups (broad SMARTS) is 1. The number of H-pyrrole nitrogens is 1. The number of hydrogen-bond donors (Lipinski definition) is 2. The molecule has 0 amide bonds. The van der Waals surface area contributed by atoms with Crippen LogP contribution >= 0.6 is 0 Å². The number of halogens is 1. The molecule has 1 aromatic heterocycles. The molecule has 2 N–H and O–H groups in total. The lowest BCUT2D eigenvalue weighted by Crippen LogP contribution is -2.13. The second-order valence-corrected chi connectivity index (χ2v) is 5.57. The summed E-state index contributed by atoms with van der Waals surface area (Å²) in [6, 6.07) is 3.37. The van der Waals surface area contributed by atoms with Gasteiger partial charge in [-0.15, -0.1) is 0 Å². The Labute approximate surface area is 128 Å². The number of carboxylic acids is 1. The van der Waals surface area contributed by atoms with Crippen molar-refractivity contribution in [1.82, 2.24) is 15.1 Å². The number of carbonyl (C=O) groups is 1. The number of aromatic amines is 1. The Morgan fingerprint density at radius 1 is 1.41 bits per heavy atom. The number of rotatable bonds is 5. The third-order valence-electron chi connectivity index (χ3n) is 3.54. The van der Waals surface area contributed by atoms with Crippen LogP contribution in [0.15, 0.2) is 12.1 Å². The van der Waals surface area contributed by atoms with Gasteiger partial charge in [-0.1, -0.05) is 13.0 Å². The number of nitrogens with zero attached hydrogens (tertiary/aromatic N) is 2. The molecule has 5 nitrogen and oxygen atoms in total. The Balaban J connectivity index is 2.71. The van der Waals surface area contributed by atoms with Crippen LogP contribution in [0.5, 0.6) is 0 Å². The van der Waals surface area contributed by atoms with Gasteiger partial charge >= 0.3 is 5.97 Å². The van der Waals surface area contributed by atoms with Crippen molar-refractivity contribution in [1.29, 1.82) is 0 Å². The lowest BCUT2D eigenvalue weighted by Gasteiger charge is -2.16. The van der Waals surface area contributed by atoms with Crippen molar-refractivity contribution in [2.75, 3.05) is 14.1 Å². The summed E-state index contributed by atoms with van der Waals surface area (Å²) in [6.45, 7) is 4.06. The van der Waals surface area contributed by atoms with Crippen molar-refractivity contribution in [2.45, 2.75) is 26.8 Å². The third kappa shape index (κ3) is 3.01. The number of aryl methyl sites for hydroxylation is 2. The van der Waals surface area contributed by atoms with E-state index in [2.05, 4.69) is 10.2 Å². The van der Waals surface area contributed by atoms with Crippen LogP contribution in [-0.2, 0) is 13.0 Å². The van der Waals surface area contributed by atoms with Crippen LogP contribution < -0.4 is 0 Å². The highest BCUT2D eigenvalue weighted by Crippen LogP contribution is 2.31. The molecule has 2 aromatic rings. The molecule has 0 spiro atoms. The summed E-state index contributed by atoms with van der Waals surface area (Å²) in [5.41, 5.74) is 2.49. The number of aromatic nitrogens is 2. The zero-order valence-electron chi connectivity index (χ0n) is 13.2. The van der Waals surface area contributed by atoms with E-state index in [9.17, 15) is 14.3 Å². The van der Waals surface area contributed by atoms with Gasteiger partial charge in [-0.2, -0.15) is 5.10 Å². The van der Waals surface area contributed by atoms with E-state index < -0.39 is 11.8 Å². The molecule has 0 saturated carbocycles. The van der Waals surface area contributed by atoms with Gasteiger partial charge in [-0.05, 0) is 44.6 Å². The van der Waals surface area contributed by atoms with Gasteiger partial charge in [0.15, 0.2) is 0 Å². The fourth-order valence-corrected chi connectivity index (χ4v) is 2.55. The molecule has 0 saturated heterocycles. The standard InChI is InChI=1S/C16H20FN3O2/c1-5-10-6-11(8-20(3)4)14(12(17)7-10)15-13(16(21)22)9(2)18-19-15/h6-7H,5,8H2,1-4H3,(H,18,19)(H,21,22). The van der Waals surface area contributed by atoms with Gasteiger partial charge in [-0.25, -0.2) is 9.18 Å². The monoisotopic (exact) mass is 305 g/mol. The first kappa shape index (κ1) is 16.2. The minimum Gasteiger partial charge on any atom is -0.478 e. The molecule has 6 heteroatoms. The van der Waals surface area contributed by atoms with Crippen molar-refractivity contribution >= 4 is 5.97 Å². The number of hydrogen-bond acceptors (Lipinski definition) is 3. The highest BCUT2D eigenvalue weighted by molar-refractivity contribution is 5.96. The lowest BCUT2D eigenvalue weighted by atomic mass is 9.96. The van der Waals surface area contributed by atoms with Gasteiger partial charge in [0.05, 0.1) is 11.4 Å². The fraction of sp³-hybridized carbons (Fsp3) is 0.375. The number of benzene rings is 1. The molecule has 1 heterocycles. The van der Waals surface area contributed by atoms with Crippen molar-refractivity contribution in [3.63, 3.8) is 0 Å². The molecule has 2 rings (SSSR count). The quantitative estimate of drug-likeness (QED) is 0.891. The average Bonchev–Trinajstić information content (AvgIpc) is 2.79. The Kier molecular flexibility index (Phi) is 4.61. The van der Waals surface area contributed by atoms with Crippen LogP contribution in [0.1, 0.15) is 34.1 Å². The van der Waals surface area contributed by atoms with E-state index in [0.29, 0.717) is 18.7 Å².